The van der Waals surface area contributed by atoms with Gasteiger partial charge in [-0.3, -0.25) is 15.4 Å². The van der Waals surface area contributed by atoms with Gasteiger partial charge in [0, 0.05) is 18.7 Å². The highest BCUT2D eigenvalue weighted by atomic mass is 35.5. The van der Waals surface area contributed by atoms with Crippen molar-refractivity contribution in [3.63, 3.8) is 0 Å². The number of rotatable bonds is 4. The van der Waals surface area contributed by atoms with E-state index in [0.717, 1.165) is 17.4 Å². The molecule has 0 amide bonds. The number of fused-ring (bicyclic) bond motifs is 1. The van der Waals surface area contributed by atoms with Crippen LogP contribution in [0.4, 0.5) is 5.69 Å². The molecule has 2 aromatic rings. The zero-order valence-corrected chi connectivity index (χ0v) is 12.0. The largest absolute Gasteiger partial charge is 0.456 e. The Morgan fingerprint density at radius 2 is 2.14 bits per heavy atom. The minimum absolute atomic E-state index is 0.0932. The second-order valence-corrected chi connectivity index (χ2v) is 5.24. The Morgan fingerprint density at radius 1 is 1.32 bits per heavy atom. The number of nitrogens with zero attached hydrogens (tertiary/aromatic N) is 1. The second-order valence-electron chi connectivity index (χ2n) is 4.83. The summed E-state index contributed by atoms with van der Waals surface area (Å²) in [6.07, 6.45) is 0.861. The molecular formula is C15H11ClN2O4. The van der Waals surface area contributed by atoms with Crippen LogP contribution in [0, 0.1) is 10.1 Å². The van der Waals surface area contributed by atoms with Gasteiger partial charge >= 0.3 is 0 Å². The first-order chi connectivity index (χ1) is 10.6. The topological polar surface area (TPSA) is 81.5 Å². The fourth-order valence-corrected chi connectivity index (χ4v) is 2.58. The van der Waals surface area contributed by atoms with Crippen molar-refractivity contribution in [1.82, 2.24) is 5.32 Å². The average molecular weight is 319 g/mol. The van der Waals surface area contributed by atoms with Crippen LogP contribution in [-0.4, -0.2) is 11.2 Å². The minimum Gasteiger partial charge on any atom is -0.456 e. The number of hydrogen-bond acceptors (Lipinski definition) is 5. The smallest absolute Gasteiger partial charge is 0.271 e. The molecule has 1 atom stereocenters. The van der Waals surface area contributed by atoms with E-state index in [2.05, 4.69) is 5.32 Å². The molecule has 0 aliphatic carbocycles. The number of carbonyl (C=O) groups excluding carboxylic acids is 1. The van der Waals surface area contributed by atoms with Crippen LogP contribution in [0.1, 0.15) is 17.2 Å². The second kappa shape index (κ2) is 5.75. The van der Waals surface area contributed by atoms with Crippen molar-refractivity contribution < 1.29 is 14.5 Å². The lowest BCUT2D eigenvalue weighted by molar-refractivity contribution is -0.384. The van der Waals surface area contributed by atoms with Gasteiger partial charge in [-0.2, -0.15) is 0 Å². The van der Waals surface area contributed by atoms with Crippen LogP contribution in [0.2, 0.25) is 5.02 Å². The molecule has 3 rings (SSSR count). The summed E-state index contributed by atoms with van der Waals surface area (Å²) in [5.74, 6) is 0.896. The van der Waals surface area contributed by atoms with Gasteiger partial charge in [0.05, 0.1) is 16.0 Å². The van der Waals surface area contributed by atoms with Gasteiger partial charge in [-0.15, -0.1) is 0 Å². The van der Waals surface area contributed by atoms with Crippen molar-refractivity contribution >= 4 is 23.6 Å². The molecule has 0 saturated carbocycles. The molecule has 112 valence electrons. The number of non-ortho nitro benzene ring substituents is 1. The first-order valence-corrected chi connectivity index (χ1v) is 6.89. The summed E-state index contributed by atoms with van der Waals surface area (Å²) in [5, 5.41) is 13.9. The lowest BCUT2D eigenvalue weighted by Crippen LogP contribution is -2.12. The first kappa shape index (κ1) is 14.5. The molecule has 6 nitrogen and oxygen atoms in total. The zero-order chi connectivity index (χ0) is 15.7. The zero-order valence-electron chi connectivity index (χ0n) is 11.3. The molecule has 7 heteroatoms. The van der Waals surface area contributed by atoms with Crippen LogP contribution in [0.15, 0.2) is 36.4 Å². The number of aldehydes is 1. The minimum atomic E-state index is -0.518. The van der Waals surface area contributed by atoms with Gasteiger partial charge in [0.15, 0.2) is 0 Å². The normalized spacial score (nSPS) is 16.1. The van der Waals surface area contributed by atoms with Gasteiger partial charge in [-0.25, -0.2) is 0 Å². The maximum absolute atomic E-state index is 10.9. The summed E-state index contributed by atoms with van der Waals surface area (Å²) in [5.41, 5.74) is 1.81. The molecule has 0 radical (unpaired) electrons. The molecular weight excluding hydrogens is 308 g/mol. The Bertz CT molecular complexity index is 763. The van der Waals surface area contributed by atoms with Crippen molar-refractivity contribution in [3.8, 4) is 11.5 Å². The predicted octanol–water partition coefficient (Wildman–Crippen LogP) is 3.38. The van der Waals surface area contributed by atoms with E-state index in [-0.39, 0.29) is 16.8 Å². The van der Waals surface area contributed by atoms with Gasteiger partial charge in [0.25, 0.3) is 5.69 Å². The van der Waals surface area contributed by atoms with E-state index < -0.39 is 4.92 Å². The molecule has 0 saturated heterocycles. The van der Waals surface area contributed by atoms with Gasteiger partial charge in [0.2, 0.25) is 0 Å². The molecule has 1 aliphatic rings. The van der Waals surface area contributed by atoms with Crippen LogP contribution >= 0.6 is 11.6 Å². The maximum atomic E-state index is 10.9. The highest BCUT2D eigenvalue weighted by molar-refractivity contribution is 6.32. The van der Waals surface area contributed by atoms with E-state index in [0.29, 0.717) is 18.0 Å². The Hall–Kier alpha value is -2.44. The standard InChI is InChI=1S/C15H11ClN2O4/c16-13-6-10(18(20)21)1-4-15(13)22-11-2-3-12-9(5-11)7-17-14(12)8-19/h1-6,8,14,17H,7H2. The summed E-state index contributed by atoms with van der Waals surface area (Å²) >= 11 is 6.00. The molecule has 0 bridgehead atoms. The molecule has 22 heavy (non-hydrogen) atoms. The predicted molar refractivity (Wildman–Crippen MR) is 80.3 cm³/mol. The Morgan fingerprint density at radius 3 is 2.82 bits per heavy atom. The van der Waals surface area contributed by atoms with Gasteiger partial charge in [0.1, 0.15) is 17.8 Å². The number of benzene rings is 2. The molecule has 1 N–H and O–H groups in total. The molecule has 1 unspecified atom stereocenters. The van der Waals surface area contributed by atoms with Crippen molar-refractivity contribution in [2.24, 2.45) is 0 Å². The van der Waals surface area contributed by atoms with E-state index in [1.54, 1.807) is 6.07 Å². The summed E-state index contributed by atoms with van der Waals surface area (Å²) in [7, 11) is 0. The number of hydrogen-bond donors (Lipinski definition) is 1. The van der Waals surface area contributed by atoms with Crippen molar-refractivity contribution in [2.45, 2.75) is 12.6 Å². The van der Waals surface area contributed by atoms with E-state index in [9.17, 15) is 14.9 Å². The van der Waals surface area contributed by atoms with Crippen molar-refractivity contribution in [3.05, 3.63) is 62.7 Å². The van der Waals surface area contributed by atoms with Crippen LogP contribution < -0.4 is 10.1 Å². The van der Waals surface area contributed by atoms with Gasteiger partial charge < -0.3 is 9.53 Å². The summed E-state index contributed by atoms with van der Waals surface area (Å²) in [4.78, 5) is 21.1. The van der Waals surface area contributed by atoms with E-state index in [1.807, 2.05) is 12.1 Å². The van der Waals surface area contributed by atoms with Crippen molar-refractivity contribution in [1.29, 1.82) is 0 Å². The van der Waals surface area contributed by atoms with Crippen LogP contribution in [0.3, 0.4) is 0 Å². The average Bonchev–Trinajstić information content (AvgIpc) is 2.91. The number of carbonyl (C=O) groups is 1. The van der Waals surface area contributed by atoms with Crippen LogP contribution in [0.25, 0.3) is 0 Å². The Balaban J connectivity index is 1.85. The van der Waals surface area contributed by atoms with E-state index >= 15 is 0 Å². The van der Waals surface area contributed by atoms with E-state index in [4.69, 9.17) is 16.3 Å². The quantitative estimate of drug-likeness (QED) is 0.531. The summed E-state index contributed by atoms with van der Waals surface area (Å²) in [6, 6.07) is 9.13. The summed E-state index contributed by atoms with van der Waals surface area (Å²) < 4.78 is 5.67. The lowest BCUT2D eigenvalue weighted by Gasteiger charge is -2.09. The third-order valence-electron chi connectivity index (χ3n) is 3.45. The number of nitro groups is 1. The molecule has 2 aromatic carbocycles. The van der Waals surface area contributed by atoms with Gasteiger partial charge in [-0.1, -0.05) is 17.7 Å². The summed E-state index contributed by atoms with van der Waals surface area (Å²) in [6.45, 7) is 0.587. The molecule has 1 heterocycles. The van der Waals surface area contributed by atoms with Crippen LogP contribution in [-0.2, 0) is 11.3 Å². The SMILES string of the molecule is O=CC1NCc2cc(Oc3ccc([N+](=O)[O-])cc3Cl)ccc21. The molecule has 0 aromatic heterocycles. The number of ether oxygens (including phenoxy) is 1. The molecule has 0 spiro atoms. The van der Waals surface area contributed by atoms with E-state index in [1.165, 1.54) is 18.2 Å². The molecule has 0 fully saturated rings. The van der Waals surface area contributed by atoms with Gasteiger partial charge in [-0.05, 0) is 29.3 Å². The monoisotopic (exact) mass is 318 g/mol. The highest BCUT2D eigenvalue weighted by Gasteiger charge is 2.21. The Labute approximate surface area is 130 Å². The fraction of sp³-hybridized carbons (Fsp3) is 0.133. The molecule has 1 aliphatic heterocycles. The lowest BCUT2D eigenvalue weighted by atomic mass is 10.1. The highest BCUT2D eigenvalue weighted by Crippen LogP contribution is 2.34. The Kier molecular flexibility index (Phi) is 3.79. The number of nitrogens with one attached hydrogen (secondary N) is 1. The first-order valence-electron chi connectivity index (χ1n) is 6.52. The third kappa shape index (κ3) is 2.66. The van der Waals surface area contributed by atoms with Crippen molar-refractivity contribution in [2.75, 3.05) is 0 Å². The third-order valence-corrected chi connectivity index (χ3v) is 3.75. The number of nitro benzene ring substituents is 1. The fourth-order valence-electron chi connectivity index (χ4n) is 2.37. The number of halogens is 1. The maximum Gasteiger partial charge on any atom is 0.271 e. The van der Waals surface area contributed by atoms with Crippen LogP contribution in [0.5, 0.6) is 11.5 Å².